The Kier molecular flexibility index (Phi) is 7.80. The summed E-state index contributed by atoms with van der Waals surface area (Å²) in [6.07, 6.45) is 1.83. The molecule has 0 unspecified atom stereocenters. The average Bonchev–Trinajstić information content (AvgIpc) is 3.07. The van der Waals surface area contributed by atoms with E-state index in [1.165, 1.54) is 6.20 Å². The van der Waals surface area contributed by atoms with Crippen molar-refractivity contribution in [2.75, 3.05) is 16.6 Å². The first kappa shape index (κ1) is 27.6. The number of nitrogens with zero attached hydrogens (tertiary/aromatic N) is 2. The van der Waals surface area contributed by atoms with Crippen LogP contribution < -0.4 is 14.8 Å². The van der Waals surface area contributed by atoms with E-state index in [-0.39, 0.29) is 19.0 Å². The van der Waals surface area contributed by atoms with E-state index >= 15 is 0 Å². The van der Waals surface area contributed by atoms with Gasteiger partial charge < -0.3 is 15.6 Å². The predicted octanol–water partition coefficient (Wildman–Crippen LogP) is 6.12. The van der Waals surface area contributed by atoms with Crippen molar-refractivity contribution in [2.24, 2.45) is 0 Å². The number of aliphatic hydroxyl groups is 1. The van der Waals surface area contributed by atoms with E-state index in [4.69, 9.17) is 10.5 Å². The van der Waals surface area contributed by atoms with Gasteiger partial charge in [-0.1, -0.05) is 73.7 Å². The van der Waals surface area contributed by atoms with Crippen molar-refractivity contribution in [1.29, 1.82) is 0 Å². The lowest BCUT2D eigenvalue weighted by Crippen LogP contribution is -2.37. The van der Waals surface area contributed by atoms with Gasteiger partial charge in [0.2, 0.25) is 5.88 Å². The van der Waals surface area contributed by atoms with Crippen molar-refractivity contribution in [3.63, 3.8) is 0 Å². The monoisotopic (exact) mass is 551 g/mol. The van der Waals surface area contributed by atoms with Crippen LogP contribution in [0.15, 0.2) is 72.7 Å². The van der Waals surface area contributed by atoms with Crippen LogP contribution in [-0.2, 0) is 23.2 Å². The number of hydrogen-bond acceptors (Lipinski definition) is 5. The van der Waals surface area contributed by atoms with Crippen molar-refractivity contribution >= 4 is 29.7 Å². The quantitative estimate of drug-likeness (QED) is 0.247. The SMILES string of the molecule is Cc1cc(C)c(N)c(Cc2ccc(N3C=C(O)N(CC[Si](C)(C)C)S3(=O)=O)c(OCc3ccccc3)c2)c1. The Morgan fingerprint density at radius 2 is 1.68 bits per heavy atom. The summed E-state index contributed by atoms with van der Waals surface area (Å²) in [5.41, 5.74) is 12.5. The first-order valence-corrected chi connectivity index (χ1v) is 17.8. The largest absolute Gasteiger partial charge is 0.493 e. The van der Waals surface area contributed by atoms with Gasteiger partial charge >= 0.3 is 10.2 Å². The number of hydrogen-bond donors (Lipinski definition) is 2. The van der Waals surface area contributed by atoms with Gasteiger partial charge in [-0.05, 0) is 60.7 Å². The van der Waals surface area contributed by atoms with Crippen LogP contribution >= 0.6 is 0 Å². The average molecular weight is 552 g/mol. The van der Waals surface area contributed by atoms with E-state index in [0.29, 0.717) is 17.9 Å². The van der Waals surface area contributed by atoms with Crippen LogP contribution in [0.25, 0.3) is 0 Å². The number of ether oxygens (including phenoxy) is 1. The molecule has 0 saturated carbocycles. The molecule has 0 amide bonds. The van der Waals surface area contributed by atoms with Gasteiger partial charge in [0, 0.05) is 20.3 Å². The molecule has 3 aromatic rings. The third kappa shape index (κ3) is 6.16. The normalized spacial score (nSPS) is 15.0. The van der Waals surface area contributed by atoms with Crippen LogP contribution in [0.1, 0.15) is 27.8 Å². The molecular weight excluding hydrogens is 514 g/mol. The Morgan fingerprint density at radius 3 is 2.37 bits per heavy atom. The summed E-state index contributed by atoms with van der Waals surface area (Å²) >= 11 is 0. The fourth-order valence-electron chi connectivity index (χ4n) is 4.46. The molecule has 0 saturated heterocycles. The fraction of sp³-hybridized carbons (Fsp3) is 0.310. The lowest BCUT2D eigenvalue weighted by atomic mass is 9.98. The summed E-state index contributed by atoms with van der Waals surface area (Å²) in [7, 11) is -5.54. The molecule has 0 fully saturated rings. The summed E-state index contributed by atoms with van der Waals surface area (Å²) in [5, 5.41) is 10.6. The number of aliphatic hydroxyl groups excluding tert-OH is 1. The van der Waals surface area contributed by atoms with Crippen LogP contribution in [0, 0.1) is 13.8 Å². The molecule has 0 bridgehead atoms. The van der Waals surface area contributed by atoms with Crippen molar-refractivity contribution in [1.82, 2.24) is 4.31 Å². The Hall–Kier alpha value is -3.43. The van der Waals surface area contributed by atoms with E-state index in [0.717, 1.165) is 48.2 Å². The first-order valence-electron chi connectivity index (χ1n) is 12.7. The second-order valence-electron chi connectivity index (χ2n) is 11.1. The second-order valence-corrected chi connectivity index (χ2v) is 18.4. The van der Waals surface area contributed by atoms with Gasteiger partial charge in [0.05, 0.1) is 6.20 Å². The standard InChI is InChI=1S/C29H37N3O4SSi/c1-21-15-22(2)29(30)25(16-21)17-24-11-12-26(27(18-24)36-20-23-9-7-6-8-10-23)32-19-28(33)31(37(32,34)35)13-14-38(3,4)5/h6-12,15-16,18-19,33H,13-14,17,20,30H2,1-5H3. The Labute approximate surface area is 227 Å². The Bertz CT molecular complexity index is 1450. The molecule has 7 nitrogen and oxygen atoms in total. The number of rotatable bonds is 9. The fourth-order valence-corrected chi connectivity index (χ4v) is 6.96. The highest BCUT2D eigenvalue weighted by molar-refractivity contribution is 7.91. The number of aryl methyl sites for hydroxylation is 2. The molecule has 1 aliphatic heterocycles. The minimum Gasteiger partial charge on any atom is -0.493 e. The smallest absolute Gasteiger partial charge is 0.332 e. The predicted molar refractivity (Wildman–Crippen MR) is 157 cm³/mol. The van der Waals surface area contributed by atoms with Gasteiger partial charge in [-0.25, -0.2) is 8.61 Å². The van der Waals surface area contributed by atoms with Crippen molar-refractivity contribution in [2.45, 2.75) is 52.6 Å². The third-order valence-electron chi connectivity index (χ3n) is 6.59. The molecule has 3 aromatic carbocycles. The van der Waals surface area contributed by atoms with Crippen molar-refractivity contribution in [3.8, 4) is 5.75 Å². The number of nitrogens with two attached hydrogens (primary N) is 1. The van der Waals surface area contributed by atoms with Crippen LogP contribution in [0.2, 0.25) is 25.7 Å². The highest BCUT2D eigenvalue weighted by Crippen LogP contribution is 2.38. The summed E-state index contributed by atoms with van der Waals surface area (Å²) in [6.45, 7) is 11.1. The number of benzene rings is 3. The highest BCUT2D eigenvalue weighted by Gasteiger charge is 2.39. The molecule has 1 aliphatic rings. The maximum atomic E-state index is 13.5. The molecule has 38 heavy (non-hydrogen) atoms. The van der Waals surface area contributed by atoms with Gasteiger partial charge in [0.1, 0.15) is 18.0 Å². The van der Waals surface area contributed by atoms with Gasteiger partial charge in [-0.3, -0.25) is 0 Å². The van der Waals surface area contributed by atoms with Gasteiger partial charge in [0.15, 0.2) is 0 Å². The van der Waals surface area contributed by atoms with E-state index in [9.17, 15) is 13.5 Å². The molecular formula is C29H37N3O4SSi. The molecule has 0 radical (unpaired) electrons. The minimum atomic E-state index is -4.00. The van der Waals surface area contributed by atoms with Crippen molar-refractivity contribution in [3.05, 3.63) is 101 Å². The van der Waals surface area contributed by atoms with E-state index in [1.54, 1.807) is 6.07 Å². The molecule has 202 valence electrons. The molecule has 4 rings (SSSR count). The maximum absolute atomic E-state index is 13.5. The first-order chi connectivity index (χ1) is 17.8. The lowest BCUT2D eigenvalue weighted by molar-refractivity contribution is 0.294. The zero-order valence-electron chi connectivity index (χ0n) is 22.7. The van der Waals surface area contributed by atoms with E-state index < -0.39 is 18.3 Å². The van der Waals surface area contributed by atoms with Crippen LogP contribution in [0.5, 0.6) is 5.75 Å². The Morgan fingerprint density at radius 1 is 0.974 bits per heavy atom. The lowest BCUT2D eigenvalue weighted by Gasteiger charge is -2.25. The van der Waals surface area contributed by atoms with Gasteiger partial charge in [-0.2, -0.15) is 8.42 Å². The van der Waals surface area contributed by atoms with E-state index in [1.807, 2.05) is 56.3 Å². The van der Waals surface area contributed by atoms with Crippen LogP contribution in [0.3, 0.4) is 0 Å². The topological polar surface area (TPSA) is 96.1 Å². The molecule has 3 N–H and O–H groups in total. The summed E-state index contributed by atoms with van der Waals surface area (Å²) in [5.74, 6) is 0.123. The molecule has 0 spiro atoms. The molecule has 0 atom stereocenters. The van der Waals surface area contributed by atoms with Crippen LogP contribution in [-0.4, -0.2) is 32.4 Å². The van der Waals surface area contributed by atoms with E-state index in [2.05, 4.69) is 31.8 Å². The highest BCUT2D eigenvalue weighted by atomic mass is 32.2. The summed E-state index contributed by atoms with van der Waals surface area (Å²) in [6, 6.07) is 20.0. The second kappa shape index (κ2) is 10.7. The zero-order chi connectivity index (χ0) is 27.7. The number of anilines is 2. The van der Waals surface area contributed by atoms with Crippen LogP contribution in [0.4, 0.5) is 11.4 Å². The van der Waals surface area contributed by atoms with Crippen molar-refractivity contribution < 1.29 is 18.3 Å². The summed E-state index contributed by atoms with van der Waals surface area (Å²) in [4.78, 5) is 0. The van der Waals surface area contributed by atoms with Gasteiger partial charge in [-0.15, -0.1) is 0 Å². The molecule has 0 aromatic heterocycles. The molecule has 0 aliphatic carbocycles. The molecule has 1 heterocycles. The number of nitrogen functional groups attached to an aromatic ring is 1. The maximum Gasteiger partial charge on any atom is 0.332 e. The minimum absolute atomic E-state index is 0.237. The van der Waals surface area contributed by atoms with Gasteiger partial charge in [0.25, 0.3) is 0 Å². The third-order valence-corrected chi connectivity index (χ3v) is 10.0. The molecule has 9 heteroatoms. The zero-order valence-corrected chi connectivity index (χ0v) is 24.5. The Balaban J connectivity index is 1.70. The summed E-state index contributed by atoms with van der Waals surface area (Å²) < 4.78 is 35.5.